The average molecular weight is 413 g/mol. The van der Waals surface area contributed by atoms with E-state index < -0.39 is 6.10 Å². The number of benzene rings is 1. The number of thiophene rings is 1. The molecule has 7 heteroatoms. The third kappa shape index (κ3) is 4.05. The molecule has 4 rings (SSSR count). The van der Waals surface area contributed by atoms with Crippen LogP contribution < -0.4 is 10.3 Å². The number of aryl methyl sites for hydroxylation is 1. The molecule has 0 bridgehead atoms. The zero-order valence-corrected chi connectivity index (χ0v) is 17.6. The Kier molecular flexibility index (Phi) is 5.41. The molecule has 1 aliphatic rings. The molecule has 2 heterocycles. The minimum Gasteiger partial charge on any atom is -0.497 e. The number of H-pyrrole nitrogens is 1. The molecule has 6 nitrogen and oxygen atoms in total. The van der Waals surface area contributed by atoms with Crippen molar-refractivity contribution in [1.29, 1.82) is 0 Å². The Hall–Kier alpha value is -2.67. The molecule has 1 aliphatic carbocycles. The van der Waals surface area contributed by atoms with E-state index in [0.717, 1.165) is 41.0 Å². The first kappa shape index (κ1) is 19.6. The van der Waals surface area contributed by atoms with Gasteiger partial charge in [0, 0.05) is 4.88 Å². The Balaban J connectivity index is 1.51. The topological polar surface area (TPSA) is 81.3 Å². The van der Waals surface area contributed by atoms with E-state index >= 15 is 0 Å². The van der Waals surface area contributed by atoms with Gasteiger partial charge in [0.05, 0.1) is 18.9 Å². The van der Waals surface area contributed by atoms with E-state index in [1.807, 2.05) is 12.1 Å². The molecule has 3 aromatic rings. The number of hydrogen-bond donors (Lipinski definition) is 1. The van der Waals surface area contributed by atoms with Gasteiger partial charge in [-0.1, -0.05) is 19.1 Å². The first-order valence-corrected chi connectivity index (χ1v) is 10.6. The number of aromatic nitrogens is 2. The van der Waals surface area contributed by atoms with Crippen LogP contribution in [0.15, 0.2) is 29.1 Å². The number of carbonyl (C=O) groups is 1. The summed E-state index contributed by atoms with van der Waals surface area (Å²) >= 11 is 1.59. The summed E-state index contributed by atoms with van der Waals surface area (Å²) in [7, 11) is 1.60. The molecule has 0 amide bonds. The maximum atomic E-state index is 12.7. The second kappa shape index (κ2) is 7.99. The van der Waals surface area contributed by atoms with Crippen molar-refractivity contribution in [1.82, 2.24) is 9.97 Å². The van der Waals surface area contributed by atoms with E-state index in [-0.39, 0.29) is 17.9 Å². The number of nitrogens with one attached hydrogen (secondary N) is 1. The Bertz CT molecular complexity index is 1100. The Labute approximate surface area is 172 Å². The number of ether oxygens (including phenoxy) is 2. The smallest absolute Gasteiger partial charge is 0.310 e. The highest BCUT2D eigenvalue weighted by molar-refractivity contribution is 7.18. The fourth-order valence-electron chi connectivity index (χ4n) is 3.76. The van der Waals surface area contributed by atoms with E-state index in [1.54, 1.807) is 37.5 Å². The minimum atomic E-state index is -0.629. The van der Waals surface area contributed by atoms with Crippen LogP contribution in [-0.2, 0) is 28.8 Å². The first-order chi connectivity index (χ1) is 13.9. The summed E-state index contributed by atoms with van der Waals surface area (Å²) < 4.78 is 10.6. The quantitative estimate of drug-likeness (QED) is 0.642. The van der Waals surface area contributed by atoms with Crippen molar-refractivity contribution in [3.05, 3.63) is 56.4 Å². The average Bonchev–Trinajstić information content (AvgIpc) is 3.06. The lowest BCUT2D eigenvalue weighted by Crippen LogP contribution is -2.18. The Morgan fingerprint density at radius 3 is 2.83 bits per heavy atom. The van der Waals surface area contributed by atoms with Crippen LogP contribution in [0.25, 0.3) is 10.2 Å². The van der Waals surface area contributed by atoms with Gasteiger partial charge in [0.15, 0.2) is 11.9 Å². The van der Waals surface area contributed by atoms with E-state index in [9.17, 15) is 9.59 Å². The van der Waals surface area contributed by atoms with Crippen LogP contribution >= 0.6 is 11.3 Å². The normalized spacial score (nSPS) is 17.0. The van der Waals surface area contributed by atoms with Crippen LogP contribution in [0.3, 0.4) is 0 Å². The van der Waals surface area contributed by atoms with Gasteiger partial charge in [0.25, 0.3) is 5.56 Å². The molecule has 0 fully saturated rings. The molecular formula is C22H24N2O4S. The number of carbonyl (C=O) groups excluding carboxylic acids is 1. The lowest BCUT2D eigenvalue weighted by atomic mass is 9.89. The van der Waals surface area contributed by atoms with Crippen molar-refractivity contribution in [3.63, 3.8) is 0 Å². The Morgan fingerprint density at radius 2 is 2.10 bits per heavy atom. The summed E-state index contributed by atoms with van der Waals surface area (Å²) in [6.07, 6.45) is 2.53. The predicted octanol–water partition coefficient (Wildman–Crippen LogP) is 3.96. The number of methoxy groups -OCH3 is 1. The molecule has 0 unspecified atom stereocenters. The van der Waals surface area contributed by atoms with Gasteiger partial charge in [-0.15, -0.1) is 11.3 Å². The number of esters is 1. The fourth-order valence-corrected chi connectivity index (χ4v) is 5.15. The number of fused-ring (bicyclic) bond motifs is 3. The van der Waals surface area contributed by atoms with Crippen molar-refractivity contribution in [2.24, 2.45) is 5.92 Å². The molecular weight excluding hydrogens is 388 g/mol. The maximum absolute atomic E-state index is 12.7. The highest BCUT2D eigenvalue weighted by atomic mass is 32.1. The first-order valence-electron chi connectivity index (χ1n) is 9.81. The summed E-state index contributed by atoms with van der Waals surface area (Å²) in [6.45, 7) is 3.96. The van der Waals surface area contributed by atoms with Crippen molar-refractivity contribution in [3.8, 4) is 5.75 Å². The lowest BCUT2D eigenvalue weighted by molar-refractivity contribution is -0.148. The molecule has 2 atom stereocenters. The molecule has 0 aliphatic heterocycles. The van der Waals surface area contributed by atoms with Gasteiger partial charge in [-0.25, -0.2) is 4.98 Å². The summed E-state index contributed by atoms with van der Waals surface area (Å²) in [5.74, 6) is 1.38. The van der Waals surface area contributed by atoms with E-state index in [0.29, 0.717) is 17.1 Å². The molecule has 0 spiro atoms. The molecule has 0 saturated heterocycles. The lowest BCUT2D eigenvalue weighted by Gasteiger charge is -2.17. The third-order valence-electron chi connectivity index (χ3n) is 5.38. The SMILES string of the molecule is COc1ccc(CC(=O)O[C@@H](C)c2nc3sc4c(c3c(=O)[nH]2)CC[C@H](C)C4)cc1. The van der Waals surface area contributed by atoms with E-state index in [4.69, 9.17) is 9.47 Å². The molecule has 1 aromatic carbocycles. The second-order valence-electron chi connectivity index (χ2n) is 7.64. The van der Waals surface area contributed by atoms with Crippen LogP contribution in [-0.4, -0.2) is 23.0 Å². The van der Waals surface area contributed by atoms with Crippen molar-refractivity contribution >= 4 is 27.5 Å². The number of aromatic amines is 1. The largest absolute Gasteiger partial charge is 0.497 e. The van der Waals surface area contributed by atoms with Crippen LogP contribution in [0.2, 0.25) is 0 Å². The number of nitrogens with zero attached hydrogens (tertiary/aromatic N) is 1. The van der Waals surface area contributed by atoms with Gasteiger partial charge in [-0.2, -0.15) is 0 Å². The van der Waals surface area contributed by atoms with E-state index in [2.05, 4.69) is 16.9 Å². The van der Waals surface area contributed by atoms with Crippen molar-refractivity contribution < 1.29 is 14.3 Å². The minimum absolute atomic E-state index is 0.143. The standard InChI is InChI=1S/C22H24N2O4S/c1-12-4-9-16-17(10-12)29-22-19(16)21(26)23-20(24-22)13(2)28-18(25)11-14-5-7-15(27-3)8-6-14/h5-8,12-13H,4,9-11H2,1-3H3,(H,23,24,26)/t12-,13-/m0/s1. The van der Waals surface area contributed by atoms with Crippen LogP contribution in [0.4, 0.5) is 0 Å². The maximum Gasteiger partial charge on any atom is 0.310 e. The van der Waals surface area contributed by atoms with Gasteiger partial charge in [0.2, 0.25) is 0 Å². The Morgan fingerprint density at radius 1 is 1.34 bits per heavy atom. The molecule has 0 radical (unpaired) electrons. The monoisotopic (exact) mass is 412 g/mol. The number of rotatable bonds is 5. The highest BCUT2D eigenvalue weighted by Crippen LogP contribution is 2.36. The van der Waals surface area contributed by atoms with Gasteiger partial charge < -0.3 is 14.5 Å². The van der Waals surface area contributed by atoms with Gasteiger partial charge in [-0.3, -0.25) is 9.59 Å². The summed E-state index contributed by atoms with van der Waals surface area (Å²) in [4.78, 5) is 34.5. The van der Waals surface area contributed by atoms with Crippen LogP contribution in [0, 0.1) is 5.92 Å². The third-order valence-corrected chi connectivity index (χ3v) is 6.53. The summed E-state index contributed by atoms with van der Waals surface area (Å²) in [6, 6.07) is 7.26. The zero-order chi connectivity index (χ0) is 20.5. The highest BCUT2D eigenvalue weighted by Gasteiger charge is 2.24. The fraction of sp³-hybridized carbons (Fsp3) is 0.409. The zero-order valence-electron chi connectivity index (χ0n) is 16.8. The second-order valence-corrected chi connectivity index (χ2v) is 8.72. The van der Waals surface area contributed by atoms with Gasteiger partial charge >= 0.3 is 5.97 Å². The molecule has 0 saturated carbocycles. The van der Waals surface area contributed by atoms with Gasteiger partial charge in [0.1, 0.15) is 10.6 Å². The van der Waals surface area contributed by atoms with Crippen LogP contribution in [0.1, 0.15) is 48.2 Å². The molecule has 2 aromatic heterocycles. The molecule has 152 valence electrons. The predicted molar refractivity (Wildman–Crippen MR) is 113 cm³/mol. The van der Waals surface area contributed by atoms with Crippen LogP contribution in [0.5, 0.6) is 5.75 Å². The van der Waals surface area contributed by atoms with E-state index in [1.165, 1.54) is 4.88 Å². The number of hydrogen-bond acceptors (Lipinski definition) is 6. The molecule has 29 heavy (non-hydrogen) atoms. The summed E-state index contributed by atoms with van der Waals surface area (Å²) in [5.41, 5.74) is 1.84. The van der Waals surface area contributed by atoms with Crippen molar-refractivity contribution in [2.75, 3.05) is 7.11 Å². The van der Waals surface area contributed by atoms with Gasteiger partial charge in [-0.05, 0) is 55.4 Å². The molecule has 1 N–H and O–H groups in total. The summed E-state index contributed by atoms with van der Waals surface area (Å²) in [5, 5.41) is 0.706. The van der Waals surface area contributed by atoms with Crippen molar-refractivity contribution in [2.45, 2.75) is 45.6 Å².